The number of hydrogen-bond acceptors (Lipinski definition) is 5. The molecule has 5 heteroatoms. The Morgan fingerprint density at radius 2 is 1.50 bits per heavy atom. The average molecular weight is 461 g/mol. The Hall–Kier alpha value is -2.92. The Labute approximate surface area is 203 Å². The van der Waals surface area contributed by atoms with Gasteiger partial charge in [0.25, 0.3) is 0 Å². The maximum Gasteiger partial charge on any atom is 0.238 e. The predicted molar refractivity (Wildman–Crippen MR) is 134 cm³/mol. The second kappa shape index (κ2) is 10.6. The normalized spacial score (nSPS) is 19.1. The summed E-state index contributed by atoms with van der Waals surface area (Å²) in [6.45, 7) is 8.46. The first-order valence-electron chi connectivity index (χ1n) is 12.5. The van der Waals surface area contributed by atoms with Gasteiger partial charge in [0, 0.05) is 11.5 Å². The fourth-order valence-electron chi connectivity index (χ4n) is 5.11. The summed E-state index contributed by atoms with van der Waals surface area (Å²) in [4.78, 5) is 0. The highest BCUT2D eigenvalue weighted by atomic mass is 16.5. The van der Waals surface area contributed by atoms with Crippen LogP contribution < -0.4 is 9.47 Å². The topological polar surface area (TPSA) is 64.5 Å². The van der Waals surface area contributed by atoms with Crippen LogP contribution in [0, 0.1) is 5.92 Å². The van der Waals surface area contributed by atoms with Gasteiger partial charge in [-0.1, -0.05) is 45.0 Å². The van der Waals surface area contributed by atoms with E-state index in [1.54, 1.807) is 19.1 Å². The first kappa shape index (κ1) is 24.2. The fraction of sp³-hybridized carbons (Fsp3) is 0.448. The van der Waals surface area contributed by atoms with Crippen molar-refractivity contribution >= 4 is 0 Å². The van der Waals surface area contributed by atoms with Gasteiger partial charge in [-0.2, -0.15) is 0 Å². The third kappa shape index (κ3) is 5.25. The Kier molecular flexibility index (Phi) is 7.52. The quantitative estimate of drug-likeness (QED) is 0.373. The number of rotatable bonds is 9. The van der Waals surface area contributed by atoms with Crippen molar-refractivity contribution in [2.75, 3.05) is 0 Å². The molecule has 0 bridgehead atoms. The third-order valence-corrected chi connectivity index (χ3v) is 7.28. The number of hydrogen-bond donors (Lipinski definition) is 1. The van der Waals surface area contributed by atoms with Crippen molar-refractivity contribution in [3.05, 3.63) is 77.5 Å². The smallest absolute Gasteiger partial charge is 0.238 e. The zero-order valence-corrected chi connectivity index (χ0v) is 20.7. The molecule has 3 aromatic rings. The largest absolute Gasteiger partial charge is 0.490 e. The van der Waals surface area contributed by atoms with Crippen LogP contribution in [-0.2, 0) is 5.41 Å². The molecule has 2 unspecified atom stereocenters. The first-order valence-corrected chi connectivity index (χ1v) is 12.5. The van der Waals surface area contributed by atoms with Gasteiger partial charge in [0.2, 0.25) is 5.88 Å². The minimum atomic E-state index is -0.649. The molecule has 1 aliphatic carbocycles. The molecule has 1 heterocycles. The minimum Gasteiger partial charge on any atom is -0.490 e. The lowest BCUT2D eigenvalue weighted by atomic mass is 9.70. The minimum absolute atomic E-state index is 0.0718. The number of aliphatic hydroxyl groups is 1. The van der Waals surface area contributed by atoms with Crippen molar-refractivity contribution in [2.45, 2.75) is 77.4 Å². The molecule has 34 heavy (non-hydrogen) atoms. The van der Waals surface area contributed by atoms with Crippen LogP contribution in [0.4, 0.5) is 0 Å². The van der Waals surface area contributed by atoms with Crippen LogP contribution in [0.25, 0.3) is 0 Å². The summed E-state index contributed by atoms with van der Waals surface area (Å²) in [5, 5.41) is 17.6. The molecule has 2 aromatic carbocycles. The van der Waals surface area contributed by atoms with Crippen molar-refractivity contribution in [1.82, 2.24) is 10.2 Å². The molecular weight excluding hydrogens is 424 g/mol. The summed E-state index contributed by atoms with van der Waals surface area (Å²) in [6.07, 6.45) is 5.26. The summed E-state index contributed by atoms with van der Waals surface area (Å²) in [5.74, 6) is 2.84. The SMILES string of the molecule is CCC(CC)(c1ccc(Oc2ccc(C(C)O)nn2)cc1)c1ccc(O[C@H]2CCC(C)C2)cc1. The summed E-state index contributed by atoms with van der Waals surface area (Å²) in [5.41, 5.74) is 3.02. The standard InChI is InChI=1S/C29H36N2O3/c1-5-29(6-2,22-8-13-24(14-9-22)33-26-12-7-20(3)19-26)23-10-15-25(16-11-23)34-28-18-17-27(21(4)32)30-31-28/h8-11,13-18,20-21,26,32H,5-7,12,19H2,1-4H3/t20?,21?,26-/m0/s1. The highest BCUT2D eigenvalue weighted by Crippen LogP contribution is 2.40. The van der Waals surface area contributed by atoms with Gasteiger partial charge in [0.15, 0.2) is 0 Å². The van der Waals surface area contributed by atoms with Crippen LogP contribution in [0.5, 0.6) is 17.4 Å². The van der Waals surface area contributed by atoms with Gasteiger partial charge in [-0.15, -0.1) is 10.2 Å². The van der Waals surface area contributed by atoms with Crippen LogP contribution in [0.1, 0.15) is 82.7 Å². The Bertz CT molecular complexity index is 1040. The molecule has 4 rings (SSSR count). The second-order valence-electron chi connectivity index (χ2n) is 9.57. The lowest BCUT2D eigenvalue weighted by Gasteiger charge is -2.33. The van der Waals surface area contributed by atoms with Crippen LogP contribution in [0.15, 0.2) is 60.7 Å². The van der Waals surface area contributed by atoms with Crippen molar-refractivity contribution in [1.29, 1.82) is 0 Å². The van der Waals surface area contributed by atoms with E-state index < -0.39 is 6.10 Å². The number of aliphatic hydroxyl groups excluding tert-OH is 1. The van der Waals surface area contributed by atoms with Crippen LogP contribution in [-0.4, -0.2) is 21.4 Å². The molecule has 1 N–H and O–H groups in total. The lowest BCUT2D eigenvalue weighted by molar-refractivity contribution is 0.192. The van der Waals surface area contributed by atoms with Crippen molar-refractivity contribution < 1.29 is 14.6 Å². The van der Waals surface area contributed by atoms with E-state index in [2.05, 4.69) is 67.4 Å². The molecule has 1 aromatic heterocycles. The van der Waals surface area contributed by atoms with E-state index in [0.717, 1.165) is 37.4 Å². The Morgan fingerprint density at radius 1 is 0.882 bits per heavy atom. The molecule has 1 saturated carbocycles. The zero-order chi connectivity index (χ0) is 24.1. The molecule has 180 valence electrons. The van der Waals surface area contributed by atoms with Gasteiger partial charge in [-0.25, -0.2) is 0 Å². The molecule has 1 aliphatic rings. The fourth-order valence-corrected chi connectivity index (χ4v) is 5.11. The van der Waals surface area contributed by atoms with Crippen molar-refractivity contribution in [3.63, 3.8) is 0 Å². The molecule has 3 atom stereocenters. The van der Waals surface area contributed by atoms with Gasteiger partial charge >= 0.3 is 0 Å². The van der Waals surface area contributed by atoms with E-state index in [1.807, 2.05) is 12.1 Å². The summed E-state index contributed by atoms with van der Waals surface area (Å²) < 4.78 is 12.1. The van der Waals surface area contributed by atoms with Gasteiger partial charge < -0.3 is 14.6 Å². The van der Waals surface area contributed by atoms with Gasteiger partial charge in [-0.3, -0.25) is 0 Å². The molecular formula is C29H36N2O3. The van der Waals surface area contributed by atoms with Crippen molar-refractivity contribution in [3.8, 4) is 17.4 Å². The highest BCUT2D eigenvalue weighted by Gasteiger charge is 2.31. The van der Waals surface area contributed by atoms with Crippen LogP contribution >= 0.6 is 0 Å². The van der Waals surface area contributed by atoms with E-state index in [4.69, 9.17) is 9.47 Å². The van der Waals surface area contributed by atoms with Crippen molar-refractivity contribution in [2.24, 2.45) is 5.92 Å². The van der Waals surface area contributed by atoms with E-state index >= 15 is 0 Å². The lowest BCUT2D eigenvalue weighted by Crippen LogP contribution is -2.26. The Balaban J connectivity index is 1.49. The van der Waals surface area contributed by atoms with E-state index in [9.17, 15) is 5.11 Å². The zero-order valence-electron chi connectivity index (χ0n) is 20.7. The molecule has 0 radical (unpaired) electrons. The molecule has 0 amide bonds. The first-order chi connectivity index (χ1) is 16.4. The average Bonchev–Trinajstić information content (AvgIpc) is 3.27. The van der Waals surface area contributed by atoms with E-state index in [0.29, 0.717) is 23.4 Å². The molecule has 0 saturated heterocycles. The number of ether oxygens (including phenoxy) is 2. The summed E-state index contributed by atoms with van der Waals surface area (Å²) in [6, 6.07) is 20.4. The monoisotopic (exact) mass is 460 g/mol. The van der Waals surface area contributed by atoms with E-state index in [1.165, 1.54) is 17.5 Å². The number of benzene rings is 2. The summed E-state index contributed by atoms with van der Waals surface area (Å²) in [7, 11) is 0. The van der Waals surface area contributed by atoms with Gasteiger partial charge in [0.05, 0.1) is 17.9 Å². The second-order valence-corrected chi connectivity index (χ2v) is 9.57. The van der Waals surface area contributed by atoms with Crippen LogP contribution in [0.2, 0.25) is 0 Å². The predicted octanol–water partition coefficient (Wildman–Crippen LogP) is 7.00. The van der Waals surface area contributed by atoms with Gasteiger partial charge in [0.1, 0.15) is 11.5 Å². The molecule has 1 fully saturated rings. The number of aromatic nitrogens is 2. The summed E-state index contributed by atoms with van der Waals surface area (Å²) >= 11 is 0. The molecule has 5 nitrogen and oxygen atoms in total. The van der Waals surface area contributed by atoms with E-state index in [-0.39, 0.29) is 5.41 Å². The van der Waals surface area contributed by atoms with Gasteiger partial charge in [-0.05, 0) is 86.4 Å². The third-order valence-electron chi connectivity index (χ3n) is 7.28. The highest BCUT2D eigenvalue weighted by molar-refractivity contribution is 5.43. The molecule has 0 aliphatic heterocycles. The van der Waals surface area contributed by atoms with Crippen LogP contribution in [0.3, 0.4) is 0 Å². The Morgan fingerprint density at radius 3 is 1.97 bits per heavy atom. The number of nitrogens with zero attached hydrogens (tertiary/aromatic N) is 2. The maximum absolute atomic E-state index is 9.59. The maximum atomic E-state index is 9.59. The molecule has 0 spiro atoms.